The summed E-state index contributed by atoms with van der Waals surface area (Å²) < 4.78 is 44.3. The molecule has 3 N–H and O–H groups in total. The summed E-state index contributed by atoms with van der Waals surface area (Å²) >= 11 is 0. The third kappa shape index (κ3) is 10.3. The number of hydrogen-bond acceptors (Lipinski definition) is 12. The number of esters is 1. The van der Waals surface area contributed by atoms with E-state index in [9.17, 15) is 19.8 Å². The highest BCUT2D eigenvalue weighted by atomic mass is 16.7. The zero-order valence-electron chi connectivity index (χ0n) is 33.5. The molecule has 0 unspecified atom stereocenters. The van der Waals surface area contributed by atoms with E-state index in [4.69, 9.17) is 33.2 Å². The standard InChI is InChI=1S/C38H68N2O11/c1-15-28-20(2)16-22(4)39-34(43)21(3)18-38(10,46-14)33(51-36-30(41)27(40(11)12)17-23(5)47-36)24(6)31(25(7)35(44)49-28)50-29-19-37(9,45-13)32(42)26(8)48-29/h16,21-33,36,41-42H,15,17-19H2,1-14H3,(H,39,43)/b20-16+/t21-,22-,23-,24+,25-,26+,27+,28-,29+,30-,31+,32+,33-,36+,37-,38-/m1/s1. The number of cyclic esters (lactones) is 1. The lowest BCUT2D eigenvalue weighted by molar-refractivity contribution is -0.319. The number of nitrogens with zero attached hydrogens (tertiary/aromatic N) is 1. The molecular formula is C38H68N2O11. The number of aliphatic hydroxyl groups excluding tert-OH is 2. The van der Waals surface area contributed by atoms with Gasteiger partial charge in [-0.25, -0.2) is 0 Å². The number of aliphatic hydroxyl groups is 2. The Morgan fingerprint density at radius 1 is 0.961 bits per heavy atom. The number of hydrogen-bond donors (Lipinski definition) is 3. The molecule has 0 bridgehead atoms. The number of amides is 1. The van der Waals surface area contributed by atoms with Gasteiger partial charge in [-0.2, -0.15) is 0 Å². The normalized spacial score (nSPS) is 46.3. The predicted octanol–water partition coefficient (Wildman–Crippen LogP) is 3.57. The van der Waals surface area contributed by atoms with Crippen molar-refractivity contribution >= 4 is 11.9 Å². The van der Waals surface area contributed by atoms with Gasteiger partial charge in [-0.15, -0.1) is 0 Å². The smallest absolute Gasteiger partial charge is 0.311 e. The highest BCUT2D eigenvalue weighted by Gasteiger charge is 2.52. The maximum atomic E-state index is 14.1. The van der Waals surface area contributed by atoms with E-state index < -0.39 is 84.1 Å². The summed E-state index contributed by atoms with van der Waals surface area (Å²) in [6, 6.07) is -0.563. The van der Waals surface area contributed by atoms with Crippen molar-refractivity contribution in [3.8, 4) is 0 Å². The van der Waals surface area contributed by atoms with E-state index in [1.54, 1.807) is 27.9 Å². The zero-order chi connectivity index (χ0) is 38.6. The van der Waals surface area contributed by atoms with Gasteiger partial charge in [-0.1, -0.05) is 26.8 Å². The fourth-order valence-electron chi connectivity index (χ4n) is 8.07. The molecule has 2 saturated heterocycles. The summed E-state index contributed by atoms with van der Waals surface area (Å²) in [4.78, 5) is 29.7. The third-order valence-corrected chi connectivity index (χ3v) is 11.4. The SMILES string of the molecule is CC[C@H]1OC(=O)[C@H](C)[C@@H](O[C@H]2C[C@@](C)(OC)[C@@H](O)[C@H](C)O2)[C@H](C)[C@@H](O[C@@H]2O[C@H](C)C[C@H](N(C)C)[C@H]2O)[C@](C)(OC)C[C@@H](C)C(=O)N[C@H](C)/C=C/1C. The summed E-state index contributed by atoms with van der Waals surface area (Å²) in [5.41, 5.74) is -1.29. The van der Waals surface area contributed by atoms with Crippen LogP contribution in [0.4, 0.5) is 0 Å². The predicted molar refractivity (Wildman–Crippen MR) is 192 cm³/mol. The molecule has 0 aliphatic carbocycles. The van der Waals surface area contributed by atoms with Crippen molar-refractivity contribution in [2.75, 3.05) is 28.3 Å². The summed E-state index contributed by atoms with van der Waals surface area (Å²) in [5, 5.41) is 25.6. The van der Waals surface area contributed by atoms with E-state index in [2.05, 4.69) is 5.32 Å². The van der Waals surface area contributed by atoms with Crippen LogP contribution in [0.25, 0.3) is 0 Å². The van der Waals surface area contributed by atoms with Crippen LogP contribution in [0.15, 0.2) is 11.6 Å². The minimum Gasteiger partial charge on any atom is -0.458 e. The van der Waals surface area contributed by atoms with Crippen molar-refractivity contribution in [2.24, 2.45) is 17.8 Å². The minimum absolute atomic E-state index is 0.167. The molecule has 3 aliphatic rings. The Labute approximate surface area is 306 Å². The lowest BCUT2D eigenvalue weighted by atomic mass is 9.77. The third-order valence-electron chi connectivity index (χ3n) is 11.4. The van der Waals surface area contributed by atoms with Crippen LogP contribution in [-0.2, 0) is 42.7 Å². The fraction of sp³-hybridized carbons (Fsp3) is 0.895. The molecule has 0 spiro atoms. The molecule has 0 aromatic carbocycles. The molecular weight excluding hydrogens is 660 g/mol. The number of carbonyl (C=O) groups excluding carboxylic acids is 2. The second-order valence-electron chi connectivity index (χ2n) is 16.0. The second kappa shape index (κ2) is 18.1. The van der Waals surface area contributed by atoms with Crippen molar-refractivity contribution in [2.45, 2.75) is 174 Å². The van der Waals surface area contributed by atoms with Crippen LogP contribution in [-0.4, -0.2) is 134 Å². The first-order chi connectivity index (χ1) is 23.7. The molecule has 3 rings (SSSR count). The molecule has 0 aromatic rings. The number of rotatable bonds is 8. The Hall–Kier alpha value is -1.68. The van der Waals surface area contributed by atoms with Gasteiger partial charge < -0.3 is 53.6 Å². The Kier molecular flexibility index (Phi) is 15.5. The van der Waals surface area contributed by atoms with Gasteiger partial charge in [0, 0.05) is 44.6 Å². The number of ether oxygens (including phenoxy) is 7. The van der Waals surface area contributed by atoms with Crippen LogP contribution in [0.2, 0.25) is 0 Å². The quantitative estimate of drug-likeness (QED) is 0.247. The van der Waals surface area contributed by atoms with Crippen LogP contribution in [0.1, 0.15) is 94.9 Å². The van der Waals surface area contributed by atoms with E-state index in [1.807, 2.05) is 73.5 Å². The number of carbonyl (C=O) groups is 2. The first-order valence-electron chi connectivity index (χ1n) is 18.7. The Bertz CT molecular complexity index is 1190. The van der Waals surface area contributed by atoms with Crippen molar-refractivity contribution in [1.82, 2.24) is 10.2 Å². The molecule has 0 radical (unpaired) electrons. The molecule has 13 nitrogen and oxygen atoms in total. The molecule has 296 valence electrons. The first-order valence-corrected chi connectivity index (χ1v) is 18.7. The van der Waals surface area contributed by atoms with Crippen molar-refractivity contribution in [3.63, 3.8) is 0 Å². The van der Waals surface area contributed by atoms with Crippen LogP contribution < -0.4 is 5.32 Å². The van der Waals surface area contributed by atoms with E-state index in [-0.39, 0.29) is 36.9 Å². The molecule has 1 amide bonds. The number of methoxy groups -OCH3 is 2. The van der Waals surface area contributed by atoms with Crippen LogP contribution in [0.3, 0.4) is 0 Å². The largest absolute Gasteiger partial charge is 0.458 e. The van der Waals surface area contributed by atoms with Gasteiger partial charge in [0.25, 0.3) is 0 Å². The molecule has 3 aliphatic heterocycles. The summed E-state index contributed by atoms with van der Waals surface area (Å²) in [5.74, 6) is -2.61. The average Bonchev–Trinajstić information content (AvgIpc) is 3.06. The lowest BCUT2D eigenvalue weighted by Crippen LogP contribution is -2.61. The lowest BCUT2D eigenvalue weighted by Gasteiger charge is -2.49. The zero-order valence-corrected chi connectivity index (χ0v) is 33.5. The number of nitrogens with one attached hydrogen (secondary N) is 1. The van der Waals surface area contributed by atoms with E-state index in [0.29, 0.717) is 12.8 Å². The van der Waals surface area contributed by atoms with E-state index in [0.717, 1.165) is 5.57 Å². The molecule has 13 heteroatoms. The summed E-state index contributed by atoms with van der Waals surface area (Å²) in [7, 11) is 6.92. The van der Waals surface area contributed by atoms with Gasteiger partial charge in [0.05, 0.1) is 41.5 Å². The van der Waals surface area contributed by atoms with E-state index in [1.165, 1.54) is 7.11 Å². The summed E-state index contributed by atoms with van der Waals surface area (Å²) in [6.45, 7) is 18.6. The second-order valence-corrected chi connectivity index (χ2v) is 16.0. The van der Waals surface area contributed by atoms with Crippen LogP contribution in [0.5, 0.6) is 0 Å². The highest BCUT2D eigenvalue weighted by Crippen LogP contribution is 2.40. The van der Waals surface area contributed by atoms with Gasteiger partial charge in [0.1, 0.15) is 18.3 Å². The maximum absolute atomic E-state index is 14.1. The Morgan fingerprint density at radius 3 is 2.16 bits per heavy atom. The van der Waals surface area contributed by atoms with Crippen molar-refractivity contribution in [3.05, 3.63) is 11.6 Å². The van der Waals surface area contributed by atoms with Crippen LogP contribution in [0, 0.1) is 17.8 Å². The van der Waals surface area contributed by atoms with E-state index >= 15 is 0 Å². The van der Waals surface area contributed by atoms with Gasteiger partial charge in [-0.05, 0) is 87.4 Å². The maximum Gasteiger partial charge on any atom is 0.311 e. The topological polar surface area (TPSA) is 154 Å². The molecule has 3 heterocycles. The molecule has 0 saturated carbocycles. The Morgan fingerprint density at radius 2 is 1.59 bits per heavy atom. The number of likely N-dealkylation sites (N-methyl/N-ethyl adjacent to an activating group) is 1. The molecule has 51 heavy (non-hydrogen) atoms. The van der Waals surface area contributed by atoms with Gasteiger partial charge >= 0.3 is 5.97 Å². The monoisotopic (exact) mass is 728 g/mol. The van der Waals surface area contributed by atoms with Gasteiger partial charge in [0.2, 0.25) is 5.91 Å². The van der Waals surface area contributed by atoms with Gasteiger partial charge in [-0.3, -0.25) is 9.59 Å². The Balaban J connectivity index is 2.19. The molecule has 2 fully saturated rings. The first kappa shape index (κ1) is 43.7. The van der Waals surface area contributed by atoms with Crippen molar-refractivity contribution < 1.29 is 53.0 Å². The fourth-order valence-corrected chi connectivity index (χ4v) is 8.07. The highest BCUT2D eigenvalue weighted by molar-refractivity contribution is 5.79. The average molecular weight is 729 g/mol. The van der Waals surface area contributed by atoms with Crippen LogP contribution >= 0.6 is 0 Å². The van der Waals surface area contributed by atoms with Gasteiger partial charge in [0.15, 0.2) is 12.6 Å². The summed E-state index contributed by atoms with van der Waals surface area (Å²) in [6.07, 6.45) is -3.49. The molecule has 16 atom stereocenters. The van der Waals surface area contributed by atoms with Crippen molar-refractivity contribution in [1.29, 1.82) is 0 Å². The minimum atomic E-state index is -1.14. The molecule has 0 aromatic heterocycles.